The summed E-state index contributed by atoms with van der Waals surface area (Å²) in [5, 5.41) is 3.27. The SMILES string of the molecule is CCCOc1ccc(CNc2ccccn2)cc1. The van der Waals surface area contributed by atoms with Crippen LogP contribution in [0.4, 0.5) is 5.82 Å². The number of nitrogens with zero attached hydrogens (tertiary/aromatic N) is 1. The topological polar surface area (TPSA) is 34.1 Å². The fraction of sp³-hybridized carbons (Fsp3) is 0.267. The third-order valence-corrected chi connectivity index (χ3v) is 2.53. The molecular formula is C15H18N2O. The van der Waals surface area contributed by atoms with Gasteiger partial charge in [-0.2, -0.15) is 0 Å². The summed E-state index contributed by atoms with van der Waals surface area (Å²) < 4.78 is 5.54. The number of benzene rings is 1. The maximum atomic E-state index is 5.54. The summed E-state index contributed by atoms with van der Waals surface area (Å²) in [5.74, 6) is 1.82. The molecule has 0 radical (unpaired) electrons. The van der Waals surface area contributed by atoms with Crippen LogP contribution in [0.25, 0.3) is 0 Å². The average Bonchev–Trinajstić information content (AvgIpc) is 2.45. The molecule has 2 aromatic rings. The van der Waals surface area contributed by atoms with E-state index >= 15 is 0 Å². The third-order valence-electron chi connectivity index (χ3n) is 2.53. The summed E-state index contributed by atoms with van der Waals surface area (Å²) in [7, 11) is 0. The Morgan fingerprint density at radius 3 is 2.61 bits per heavy atom. The Kier molecular flexibility index (Phi) is 4.59. The van der Waals surface area contributed by atoms with Gasteiger partial charge in [-0.15, -0.1) is 0 Å². The second-order valence-electron chi connectivity index (χ2n) is 4.06. The van der Waals surface area contributed by atoms with Crippen LogP contribution in [0.1, 0.15) is 18.9 Å². The van der Waals surface area contributed by atoms with E-state index in [4.69, 9.17) is 4.74 Å². The van der Waals surface area contributed by atoms with Gasteiger partial charge in [0.25, 0.3) is 0 Å². The van der Waals surface area contributed by atoms with Crippen LogP contribution in [0.3, 0.4) is 0 Å². The molecule has 3 heteroatoms. The molecule has 0 saturated heterocycles. The molecule has 0 amide bonds. The first-order chi connectivity index (χ1) is 8.88. The highest BCUT2D eigenvalue weighted by atomic mass is 16.5. The minimum atomic E-state index is 0.769. The second-order valence-corrected chi connectivity index (χ2v) is 4.06. The van der Waals surface area contributed by atoms with E-state index in [2.05, 4.69) is 29.4 Å². The molecule has 0 unspecified atom stereocenters. The fourth-order valence-electron chi connectivity index (χ4n) is 1.58. The van der Waals surface area contributed by atoms with Crippen molar-refractivity contribution in [3.8, 4) is 5.75 Å². The van der Waals surface area contributed by atoms with Gasteiger partial charge in [0.15, 0.2) is 0 Å². The van der Waals surface area contributed by atoms with E-state index in [1.54, 1.807) is 6.20 Å². The third kappa shape index (κ3) is 3.77. The Balaban J connectivity index is 1.86. The molecule has 0 bridgehead atoms. The minimum absolute atomic E-state index is 0.769. The van der Waals surface area contributed by atoms with E-state index in [1.165, 1.54) is 5.56 Å². The van der Waals surface area contributed by atoms with Gasteiger partial charge in [-0.05, 0) is 36.2 Å². The molecule has 0 aliphatic carbocycles. The highest BCUT2D eigenvalue weighted by molar-refractivity contribution is 5.35. The number of aromatic nitrogens is 1. The van der Waals surface area contributed by atoms with Gasteiger partial charge in [0.2, 0.25) is 0 Å². The van der Waals surface area contributed by atoms with Crippen molar-refractivity contribution in [1.82, 2.24) is 4.98 Å². The summed E-state index contributed by atoms with van der Waals surface area (Å²) in [4.78, 5) is 4.22. The van der Waals surface area contributed by atoms with E-state index in [-0.39, 0.29) is 0 Å². The standard InChI is InChI=1S/C15H18N2O/c1-2-11-18-14-8-6-13(7-9-14)12-17-15-5-3-4-10-16-15/h3-10H,2,11-12H2,1H3,(H,16,17). The number of ether oxygens (including phenoxy) is 1. The molecule has 0 aliphatic heterocycles. The highest BCUT2D eigenvalue weighted by Gasteiger charge is 1.96. The molecule has 94 valence electrons. The average molecular weight is 242 g/mol. The number of pyridine rings is 1. The Bertz CT molecular complexity index is 454. The predicted molar refractivity (Wildman–Crippen MR) is 73.8 cm³/mol. The highest BCUT2D eigenvalue weighted by Crippen LogP contribution is 2.13. The van der Waals surface area contributed by atoms with Gasteiger partial charge in [0, 0.05) is 12.7 Å². The largest absolute Gasteiger partial charge is 0.494 e. The van der Waals surface area contributed by atoms with Crippen LogP contribution in [0.2, 0.25) is 0 Å². The van der Waals surface area contributed by atoms with Crippen LogP contribution < -0.4 is 10.1 Å². The van der Waals surface area contributed by atoms with Crippen molar-refractivity contribution in [2.45, 2.75) is 19.9 Å². The van der Waals surface area contributed by atoms with Gasteiger partial charge in [-0.1, -0.05) is 25.1 Å². The number of nitrogens with one attached hydrogen (secondary N) is 1. The molecule has 1 heterocycles. The normalized spacial score (nSPS) is 10.1. The number of anilines is 1. The zero-order chi connectivity index (χ0) is 12.6. The second kappa shape index (κ2) is 6.64. The molecule has 0 saturated carbocycles. The van der Waals surface area contributed by atoms with Gasteiger partial charge in [-0.25, -0.2) is 4.98 Å². The Morgan fingerprint density at radius 1 is 1.11 bits per heavy atom. The maximum absolute atomic E-state index is 5.54. The molecule has 0 spiro atoms. The maximum Gasteiger partial charge on any atom is 0.126 e. The lowest BCUT2D eigenvalue weighted by Gasteiger charge is -2.07. The van der Waals surface area contributed by atoms with Gasteiger partial charge in [-0.3, -0.25) is 0 Å². The van der Waals surface area contributed by atoms with Gasteiger partial charge in [0.1, 0.15) is 11.6 Å². The monoisotopic (exact) mass is 242 g/mol. The molecular weight excluding hydrogens is 224 g/mol. The van der Waals surface area contributed by atoms with Gasteiger partial charge >= 0.3 is 0 Å². The molecule has 0 aliphatic rings. The molecule has 3 nitrogen and oxygen atoms in total. The van der Waals surface area contributed by atoms with E-state index < -0.39 is 0 Å². The van der Waals surface area contributed by atoms with Crippen LogP contribution >= 0.6 is 0 Å². The molecule has 18 heavy (non-hydrogen) atoms. The summed E-state index contributed by atoms with van der Waals surface area (Å²) in [6, 6.07) is 14.0. The quantitative estimate of drug-likeness (QED) is 0.842. The van der Waals surface area contributed by atoms with Crippen LogP contribution in [0, 0.1) is 0 Å². The summed E-state index contributed by atoms with van der Waals surface area (Å²) in [6.45, 7) is 3.64. The zero-order valence-corrected chi connectivity index (χ0v) is 10.6. The van der Waals surface area contributed by atoms with Crippen molar-refractivity contribution in [3.63, 3.8) is 0 Å². The van der Waals surface area contributed by atoms with Crippen molar-refractivity contribution in [1.29, 1.82) is 0 Å². The molecule has 1 aromatic heterocycles. The van der Waals surface area contributed by atoms with Crippen molar-refractivity contribution < 1.29 is 4.74 Å². The van der Waals surface area contributed by atoms with Crippen LogP contribution in [0.15, 0.2) is 48.7 Å². The van der Waals surface area contributed by atoms with Crippen LogP contribution in [-0.4, -0.2) is 11.6 Å². The van der Waals surface area contributed by atoms with E-state index in [1.807, 2.05) is 30.3 Å². The fourth-order valence-corrected chi connectivity index (χ4v) is 1.58. The molecule has 0 fully saturated rings. The Labute approximate surface area is 108 Å². The van der Waals surface area contributed by atoms with Crippen molar-refractivity contribution in [3.05, 3.63) is 54.2 Å². The first kappa shape index (κ1) is 12.4. The molecule has 1 aromatic carbocycles. The first-order valence-electron chi connectivity index (χ1n) is 6.25. The van der Waals surface area contributed by atoms with Crippen LogP contribution in [0.5, 0.6) is 5.75 Å². The van der Waals surface area contributed by atoms with E-state index in [9.17, 15) is 0 Å². The Morgan fingerprint density at radius 2 is 1.94 bits per heavy atom. The number of hydrogen-bond donors (Lipinski definition) is 1. The minimum Gasteiger partial charge on any atom is -0.494 e. The lowest BCUT2D eigenvalue weighted by atomic mass is 10.2. The van der Waals surface area contributed by atoms with Gasteiger partial charge in [0.05, 0.1) is 6.61 Å². The van der Waals surface area contributed by atoms with E-state index in [0.717, 1.165) is 31.1 Å². The molecule has 1 N–H and O–H groups in total. The molecule has 0 atom stereocenters. The number of rotatable bonds is 6. The summed E-state index contributed by atoms with van der Waals surface area (Å²) in [6.07, 6.45) is 2.81. The molecule has 2 rings (SSSR count). The summed E-state index contributed by atoms with van der Waals surface area (Å²) >= 11 is 0. The lowest BCUT2D eigenvalue weighted by Crippen LogP contribution is -2.01. The van der Waals surface area contributed by atoms with Crippen molar-refractivity contribution in [2.24, 2.45) is 0 Å². The van der Waals surface area contributed by atoms with Gasteiger partial charge < -0.3 is 10.1 Å². The van der Waals surface area contributed by atoms with Crippen LogP contribution in [-0.2, 0) is 6.54 Å². The first-order valence-corrected chi connectivity index (χ1v) is 6.25. The summed E-state index contributed by atoms with van der Waals surface area (Å²) in [5.41, 5.74) is 1.21. The smallest absolute Gasteiger partial charge is 0.126 e. The van der Waals surface area contributed by atoms with Crippen molar-refractivity contribution >= 4 is 5.82 Å². The van der Waals surface area contributed by atoms with E-state index in [0.29, 0.717) is 0 Å². The predicted octanol–water partition coefficient (Wildman–Crippen LogP) is 3.48. The lowest BCUT2D eigenvalue weighted by molar-refractivity contribution is 0.317. The Hall–Kier alpha value is -2.03. The zero-order valence-electron chi connectivity index (χ0n) is 10.6. The van der Waals surface area contributed by atoms with Crippen molar-refractivity contribution in [2.75, 3.05) is 11.9 Å². The number of hydrogen-bond acceptors (Lipinski definition) is 3.